The first kappa shape index (κ1) is 12.9. The highest BCUT2D eigenvalue weighted by Gasteiger charge is 2.25. The smallest absolute Gasteiger partial charge is 0.0198 e. The minimum absolute atomic E-state index is 0.923. The molecule has 0 heteroatoms. The summed E-state index contributed by atoms with van der Waals surface area (Å²) in [6.07, 6.45) is 16.2. The van der Waals surface area contributed by atoms with Crippen LogP contribution in [0.1, 0.15) is 71.1 Å². The van der Waals surface area contributed by atoms with Gasteiger partial charge >= 0.3 is 0 Å². The van der Waals surface area contributed by atoms with E-state index in [4.69, 9.17) is 0 Å². The van der Waals surface area contributed by atoms with E-state index in [1.165, 1.54) is 64.2 Å². The lowest BCUT2D eigenvalue weighted by atomic mass is 9.74. The van der Waals surface area contributed by atoms with Gasteiger partial charge in [-0.1, -0.05) is 37.0 Å². The van der Waals surface area contributed by atoms with Gasteiger partial charge in [0.15, 0.2) is 0 Å². The lowest BCUT2D eigenvalue weighted by molar-refractivity contribution is 0.292. The van der Waals surface area contributed by atoms with Crippen molar-refractivity contribution in [1.29, 1.82) is 0 Å². The van der Waals surface area contributed by atoms with E-state index in [9.17, 15) is 0 Å². The molecular formula is C17H28. The van der Waals surface area contributed by atoms with E-state index in [0.29, 0.717) is 0 Å². The maximum Gasteiger partial charge on any atom is -0.0198 e. The Morgan fingerprint density at radius 2 is 2.00 bits per heavy atom. The molecule has 0 aromatic carbocycles. The Bertz CT molecular complexity index is 276. The van der Waals surface area contributed by atoms with E-state index in [1.54, 1.807) is 0 Å². The van der Waals surface area contributed by atoms with Crippen molar-refractivity contribution >= 4 is 0 Å². The fourth-order valence-electron chi connectivity index (χ4n) is 4.01. The molecule has 2 rings (SSSR count). The molecule has 0 spiro atoms. The van der Waals surface area contributed by atoms with Crippen molar-refractivity contribution in [2.75, 3.05) is 0 Å². The number of rotatable bonds is 4. The van der Waals surface area contributed by atoms with E-state index in [-0.39, 0.29) is 0 Å². The van der Waals surface area contributed by atoms with Gasteiger partial charge in [0.05, 0.1) is 0 Å². The highest BCUT2D eigenvalue weighted by molar-refractivity contribution is 5.20. The third-order valence-electron chi connectivity index (χ3n) is 4.82. The Hall–Kier alpha value is -0.520. The van der Waals surface area contributed by atoms with Crippen molar-refractivity contribution in [1.82, 2.24) is 0 Å². The van der Waals surface area contributed by atoms with Gasteiger partial charge in [-0.05, 0) is 63.2 Å². The fourth-order valence-corrected chi connectivity index (χ4v) is 4.01. The van der Waals surface area contributed by atoms with Gasteiger partial charge in [-0.25, -0.2) is 0 Å². The Balaban J connectivity index is 2.03. The predicted molar refractivity (Wildman–Crippen MR) is 76.0 cm³/mol. The molecular weight excluding hydrogens is 204 g/mol. The number of hydrogen-bond donors (Lipinski definition) is 0. The first-order valence-electron chi connectivity index (χ1n) is 7.66. The monoisotopic (exact) mass is 232 g/mol. The van der Waals surface area contributed by atoms with Crippen LogP contribution in [0.25, 0.3) is 0 Å². The summed E-state index contributed by atoms with van der Waals surface area (Å²) in [5, 5.41) is 0. The SMILES string of the molecule is C=CCC1CCCC(C(CC)=C2CCCC2)C1. The molecule has 17 heavy (non-hydrogen) atoms. The minimum atomic E-state index is 0.923. The predicted octanol–water partition coefficient (Wildman–Crippen LogP) is 5.65. The maximum absolute atomic E-state index is 3.91. The molecule has 0 aromatic rings. The zero-order valence-electron chi connectivity index (χ0n) is 11.5. The average Bonchev–Trinajstić information content (AvgIpc) is 2.85. The van der Waals surface area contributed by atoms with Crippen molar-refractivity contribution in [2.24, 2.45) is 11.8 Å². The molecule has 0 aromatic heterocycles. The zero-order chi connectivity index (χ0) is 12.1. The minimum Gasteiger partial charge on any atom is -0.103 e. The standard InChI is InChI=1S/C17H28/c1-3-8-14-9-7-12-16(13-14)17(4-2)15-10-5-6-11-15/h3,14,16H,1,4-13H2,2H3. The summed E-state index contributed by atoms with van der Waals surface area (Å²) in [6, 6.07) is 0. The van der Waals surface area contributed by atoms with Gasteiger partial charge in [-0.3, -0.25) is 0 Å². The second-order valence-electron chi connectivity index (χ2n) is 5.94. The Morgan fingerprint density at radius 1 is 1.24 bits per heavy atom. The van der Waals surface area contributed by atoms with E-state index in [1.807, 2.05) is 11.1 Å². The molecule has 0 saturated heterocycles. The molecule has 0 bridgehead atoms. The van der Waals surface area contributed by atoms with Crippen molar-refractivity contribution in [2.45, 2.75) is 71.1 Å². The van der Waals surface area contributed by atoms with E-state index in [0.717, 1.165) is 11.8 Å². The van der Waals surface area contributed by atoms with Crippen LogP contribution in [0.5, 0.6) is 0 Å². The summed E-state index contributed by atoms with van der Waals surface area (Å²) in [5.74, 6) is 1.85. The lowest BCUT2D eigenvalue weighted by Crippen LogP contribution is -2.17. The molecule has 2 unspecified atom stereocenters. The Morgan fingerprint density at radius 3 is 2.65 bits per heavy atom. The van der Waals surface area contributed by atoms with Crippen molar-refractivity contribution in [3.05, 3.63) is 23.8 Å². The van der Waals surface area contributed by atoms with Gasteiger partial charge < -0.3 is 0 Å². The fraction of sp³-hybridized carbons (Fsp3) is 0.765. The summed E-state index contributed by atoms with van der Waals surface area (Å²) in [5.41, 5.74) is 3.70. The van der Waals surface area contributed by atoms with Crippen LogP contribution in [0.4, 0.5) is 0 Å². The molecule has 0 heterocycles. The largest absolute Gasteiger partial charge is 0.103 e. The van der Waals surface area contributed by atoms with E-state index in [2.05, 4.69) is 19.6 Å². The van der Waals surface area contributed by atoms with Crippen LogP contribution in [0.2, 0.25) is 0 Å². The first-order chi connectivity index (χ1) is 8.35. The van der Waals surface area contributed by atoms with Crippen LogP contribution in [0, 0.1) is 11.8 Å². The molecule has 2 fully saturated rings. The normalized spacial score (nSPS) is 29.4. The number of allylic oxidation sites excluding steroid dienone is 3. The van der Waals surface area contributed by atoms with Crippen molar-refractivity contribution in [3.8, 4) is 0 Å². The summed E-state index contributed by atoms with van der Waals surface area (Å²) in [4.78, 5) is 0. The highest BCUT2D eigenvalue weighted by atomic mass is 14.3. The van der Waals surface area contributed by atoms with Gasteiger partial charge in [-0.2, -0.15) is 0 Å². The first-order valence-corrected chi connectivity index (χ1v) is 7.66. The second kappa shape index (κ2) is 6.42. The summed E-state index contributed by atoms with van der Waals surface area (Å²) >= 11 is 0. The Labute approximate surface area is 107 Å². The summed E-state index contributed by atoms with van der Waals surface area (Å²) < 4.78 is 0. The molecule has 2 aliphatic carbocycles. The maximum atomic E-state index is 3.91. The van der Waals surface area contributed by atoms with Crippen LogP contribution in [0.15, 0.2) is 23.8 Å². The molecule has 96 valence electrons. The van der Waals surface area contributed by atoms with Gasteiger partial charge in [-0.15, -0.1) is 6.58 Å². The summed E-state index contributed by atoms with van der Waals surface area (Å²) in [6.45, 7) is 6.28. The van der Waals surface area contributed by atoms with Crippen LogP contribution in [-0.2, 0) is 0 Å². The third kappa shape index (κ3) is 3.24. The zero-order valence-corrected chi connectivity index (χ0v) is 11.5. The van der Waals surface area contributed by atoms with Crippen LogP contribution >= 0.6 is 0 Å². The molecule has 2 saturated carbocycles. The molecule has 0 radical (unpaired) electrons. The van der Waals surface area contributed by atoms with Gasteiger partial charge in [0.2, 0.25) is 0 Å². The Kier molecular flexibility index (Phi) is 4.88. The third-order valence-corrected chi connectivity index (χ3v) is 4.82. The van der Waals surface area contributed by atoms with Gasteiger partial charge in [0.25, 0.3) is 0 Å². The van der Waals surface area contributed by atoms with Crippen LogP contribution < -0.4 is 0 Å². The average molecular weight is 232 g/mol. The van der Waals surface area contributed by atoms with Crippen LogP contribution in [0.3, 0.4) is 0 Å². The molecule has 2 aliphatic rings. The molecule has 0 nitrogen and oxygen atoms in total. The molecule has 0 N–H and O–H groups in total. The lowest BCUT2D eigenvalue weighted by Gasteiger charge is -2.31. The molecule has 2 atom stereocenters. The molecule has 0 aliphatic heterocycles. The topological polar surface area (TPSA) is 0 Å². The van der Waals surface area contributed by atoms with Crippen molar-refractivity contribution in [3.63, 3.8) is 0 Å². The second-order valence-corrected chi connectivity index (χ2v) is 5.94. The molecule has 0 amide bonds. The van der Waals surface area contributed by atoms with E-state index >= 15 is 0 Å². The van der Waals surface area contributed by atoms with E-state index < -0.39 is 0 Å². The summed E-state index contributed by atoms with van der Waals surface area (Å²) in [7, 11) is 0. The van der Waals surface area contributed by atoms with Gasteiger partial charge in [0.1, 0.15) is 0 Å². The number of hydrogen-bond acceptors (Lipinski definition) is 0. The van der Waals surface area contributed by atoms with Crippen LogP contribution in [-0.4, -0.2) is 0 Å². The highest BCUT2D eigenvalue weighted by Crippen LogP contribution is 2.40. The van der Waals surface area contributed by atoms with Gasteiger partial charge in [0, 0.05) is 0 Å². The van der Waals surface area contributed by atoms with Crippen molar-refractivity contribution < 1.29 is 0 Å². The quantitative estimate of drug-likeness (QED) is 0.549.